The highest BCUT2D eigenvalue weighted by atomic mass is 15.1. The standard InChI is InChI=1S/C15H30N2/c1-13(2)14-6-5-10-17(11-8-14)12-15-7-3-4-9-16-15/h13-16H,3-12H2,1-2H3. The molecule has 2 heteroatoms. The summed E-state index contributed by atoms with van der Waals surface area (Å²) < 4.78 is 0. The molecular formula is C15H30N2. The number of nitrogens with zero attached hydrogens (tertiary/aromatic N) is 1. The predicted molar refractivity (Wildman–Crippen MR) is 74.3 cm³/mol. The van der Waals surface area contributed by atoms with Gasteiger partial charge in [-0.2, -0.15) is 0 Å². The maximum Gasteiger partial charge on any atom is 0.0195 e. The first kappa shape index (κ1) is 13.4. The van der Waals surface area contributed by atoms with Crippen molar-refractivity contribution in [2.45, 2.75) is 58.4 Å². The van der Waals surface area contributed by atoms with E-state index in [1.807, 2.05) is 0 Å². The third-order valence-electron chi connectivity index (χ3n) is 4.70. The topological polar surface area (TPSA) is 15.3 Å². The molecule has 17 heavy (non-hydrogen) atoms. The molecule has 100 valence electrons. The van der Waals surface area contributed by atoms with E-state index < -0.39 is 0 Å². The molecule has 0 aromatic rings. The van der Waals surface area contributed by atoms with Crippen LogP contribution in [0.1, 0.15) is 52.4 Å². The smallest absolute Gasteiger partial charge is 0.0195 e. The van der Waals surface area contributed by atoms with Crippen molar-refractivity contribution in [1.29, 1.82) is 0 Å². The average molecular weight is 238 g/mol. The Morgan fingerprint density at radius 1 is 1.06 bits per heavy atom. The Bertz CT molecular complexity index is 209. The van der Waals surface area contributed by atoms with E-state index in [1.165, 1.54) is 64.7 Å². The molecule has 0 bridgehead atoms. The number of nitrogens with one attached hydrogen (secondary N) is 1. The zero-order valence-corrected chi connectivity index (χ0v) is 11.8. The molecule has 0 radical (unpaired) electrons. The number of rotatable bonds is 3. The fourth-order valence-corrected chi connectivity index (χ4v) is 3.42. The van der Waals surface area contributed by atoms with E-state index in [1.54, 1.807) is 0 Å². The lowest BCUT2D eigenvalue weighted by molar-refractivity contribution is 0.225. The average Bonchev–Trinajstić information content (AvgIpc) is 2.56. The minimum atomic E-state index is 0.777. The number of hydrogen-bond donors (Lipinski definition) is 1. The first-order valence-corrected chi connectivity index (χ1v) is 7.71. The van der Waals surface area contributed by atoms with Crippen molar-refractivity contribution in [3.05, 3.63) is 0 Å². The highest BCUT2D eigenvalue weighted by Gasteiger charge is 2.22. The van der Waals surface area contributed by atoms with Gasteiger partial charge in [0.25, 0.3) is 0 Å². The monoisotopic (exact) mass is 238 g/mol. The van der Waals surface area contributed by atoms with E-state index in [0.717, 1.165) is 17.9 Å². The third kappa shape index (κ3) is 4.26. The Morgan fingerprint density at radius 3 is 2.65 bits per heavy atom. The van der Waals surface area contributed by atoms with Gasteiger partial charge in [-0.3, -0.25) is 0 Å². The van der Waals surface area contributed by atoms with Crippen molar-refractivity contribution in [1.82, 2.24) is 10.2 Å². The van der Waals surface area contributed by atoms with E-state index in [9.17, 15) is 0 Å². The van der Waals surface area contributed by atoms with Gasteiger partial charge >= 0.3 is 0 Å². The second kappa shape index (κ2) is 6.75. The van der Waals surface area contributed by atoms with Crippen LogP contribution >= 0.6 is 0 Å². The summed E-state index contributed by atoms with van der Waals surface area (Å²) in [6.07, 6.45) is 8.49. The second-order valence-electron chi connectivity index (χ2n) is 6.38. The summed E-state index contributed by atoms with van der Waals surface area (Å²) in [6, 6.07) is 0.777. The SMILES string of the molecule is CC(C)C1CCCN(CC2CCCCN2)CC1. The molecule has 2 atom stereocenters. The van der Waals surface area contributed by atoms with Crippen molar-refractivity contribution < 1.29 is 0 Å². The molecule has 2 nitrogen and oxygen atoms in total. The first-order valence-electron chi connectivity index (χ1n) is 7.71. The highest BCUT2D eigenvalue weighted by molar-refractivity contribution is 4.79. The minimum Gasteiger partial charge on any atom is -0.313 e. The van der Waals surface area contributed by atoms with Crippen molar-refractivity contribution >= 4 is 0 Å². The van der Waals surface area contributed by atoms with E-state index in [0.29, 0.717) is 0 Å². The summed E-state index contributed by atoms with van der Waals surface area (Å²) in [6.45, 7) is 9.99. The summed E-state index contributed by atoms with van der Waals surface area (Å²) in [4.78, 5) is 2.71. The molecule has 2 unspecified atom stereocenters. The number of hydrogen-bond acceptors (Lipinski definition) is 2. The lowest BCUT2D eigenvalue weighted by Crippen LogP contribution is -2.44. The van der Waals surface area contributed by atoms with Crippen molar-refractivity contribution in [2.24, 2.45) is 11.8 Å². The molecular weight excluding hydrogens is 208 g/mol. The van der Waals surface area contributed by atoms with E-state index in [4.69, 9.17) is 0 Å². The van der Waals surface area contributed by atoms with Gasteiger partial charge in [0.1, 0.15) is 0 Å². The van der Waals surface area contributed by atoms with Gasteiger partial charge in [0.2, 0.25) is 0 Å². The molecule has 2 saturated heterocycles. The molecule has 0 aromatic carbocycles. The molecule has 0 aromatic heterocycles. The van der Waals surface area contributed by atoms with E-state index >= 15 is 0 Å². The van der Waals surface area contributed by atoms with Gasteiger partial charge in [-0.05, 0) is 63.6 Å². The van der Waals surface area contributed by atoms with Crippen LogP contribution in [0.5, 0.6) is 0 Å². The zero-order chi connectivity index (χ0) is 12.1. The Kier molecular flexibility index (Phi) is 5.30. The van der Waals surface area contributed by atoms with Crippen LogP contribution in [-0.2, 0) is 0 Å². The van der Waals surface area contributed by atoms with Crippen LogP contribution in [0.2, 0.25) is 0 Å². The molecule has 2 aliphatic rings. The second-order valence-corrected chi connectivity index (χ2v) is 6.38. The van der Waals surface area contributed by atoms with Gasteiger partial charge in [-0.25, -0.2) is 0 Å². The van der Waals surface area contributed by atoms with Crippen LogP contribution in [0.25, 0.3) is 0 Å². The summed E-state index contributed by atoms with van der Waals surface area (Å²) in [5, 5.41) is 3.68. The molecule has 0 spiro atoms. The Hall–Kier alpha value is -0.0800. The highest BCUT2D eigenvalue weighted by Crippen LogP contribution is 2.24. The molecule has 0 amide bonds. The maximum absolute atomic E-state index is 3.68. The van der Waals surface area contributed by atoms with Gasteiger partial charge in [0.15, 0.2) is 0 Å². The third-order valence-corrected chi connectivity index (χ3v) is 4.70. The predicted octanol–water partition coefficient (Wildman–Crippen LogP) is 2.89. The molecule has 0 saturated carbocycles. The van der Waals surface area contributed by atoms with E-state index in [2.05, 4.69) is 24.1 Å². The summed E-state index contributed by atoms with van der Waals surface area (Å²) >= 11 is 0. The van der Waals surface area contributed by atoms with Gasteiger partial charge in [-0.15, -0.1) is 0 Å². The summed E-state index contributed by atoms with van der Waals surface area (Å²) in [5.74, 6) is 1.85. The maximum atomic E-state index is 3.68. The number of likely N-dealkylation sites (tertiary alicyclic amines) is 1. The van der Waals surface area contributed by atoms with Gasteiger partial charge < -0.3 is 10.2 Å². The van der Waals surface area contributed by atoms with Crippen LogP contribution in [0, 0.1) is 11.8 Å². The summed E-state index contributed by atoms with van der Waals surface area (Å²) in [7, 11) is 0. The zero-order valence-electron chi connectivity index (χ0n) is 11.8. The van der Waals surface area contributed by atoms with Crippen molar-refractivity contribution in [3.63, 3.8) is 0 Å². The Labute approximate surface area is 107 Å². The number of piperidine rings is 1. The van der Waals surface area contributed by atoms with Crippen LogP contribution < -0.4 is 5.32 Å². The van der Waals surface area contributed by atoms with Crippen molar-refractivity contribution in [3.8, 4) is 0 Å². The van der Waals surface area contributed by atoms with Crippen LogP contribution in [-0.4, -0.2) is 37.1 Å². The molecule has 0 aliphatic carbocycles. The van der Waals surface area contributed by atoms with E-state index in [-0.39, 0.29) is 0 Å². The lowest BCUT2D eigenvalue weighted by atomic mass is 9.89. The largest absolute Gasteiger partial charge is 0.313 e. The normalized spacial score (nSPS) is 32.6. The molecule has 2 rings (SSSR count). The molecule has 2 aliphatic heterocycles. The lowest BCUT2D eigenvalue weighted by Gasteiger charge is -2.30. The van der Waals surface area contributed by atoms with Crippen molar-refractivity contribution in [2.75, 3.05) is 26.2 Å². The van der Waals surface area contributed by atoms with Gasteiger partial charge in [0.05, 0.1) is 0 Å². The first-order chi connectivity index (χ1) is 8.25. The minimum absolute atomic E-state index is 0.777. The van der Waals surface area contributed by atoms with Crippen LogP contribution in [0.15, 0.2) is 0 Å². The van der Waals surface area contributed by atoms with Crippen LogP contribution in [0.3, 0.4) is 0 Å². The molecule has 1 N–H and O–H groups in total. The quantitative estimate of drug-likeness (QED) is 0.813. The molecule has 2 fully saturated rings. The Morgan fingerprint density at radius 2 is 1.94 bits per heavy atom. The molecule has 2 heterocycles. The fourth-order valence-electron chi connectivity index (χ4n) is 3.42. The Balaban J connectivity index is 1.74. The summed E-state index contributed by atoms with van der Waals surface area (Å²) in [5.41, 5.74) is 0. The fraction of sp³-hybridized carbons (Fsp3) is 1.00. The van der Waals surface area contributed by atoms with Crippen LogP contribution in [0.4, 0.5) is 0 Å². The van der Waals surface area contributed by atoms with Gasteiger partial charge in [-0.1, -0.05) is 20.3 Å². The van der Waals surface area contributed by atoms with Gasteiger partial charge in [0, 0.05) is 12.6 Å².